The zero-order valence-corrected chi connectivity index (χ0v) is 49.8. The van der Waals surface area contributed by atoms with Crippen LogP contribution in [0.4, 0.5) is 0 Å². The van der Waals surface area contributed by atoms with Crippen molar-refractivity contribution >= 4 is 17.9 Å². The molecule has 0 radical (unpaired) electrons. The van der Waals surface area contributed by atoms with E-state index in [1.807, 2.05) is 12.2 Å². The topological polar surface area (TPSA) is 78.9 Å². The van der Waals surface area contributed by atoms with E-state index < -0.39 is 12.1 Å². The summed E-state index contributed by atoms with van der Waals surface area (Å²) in [4.78, 5) is 38.2. The number of ether oxygens (including phenoxy) is 3. The number of carbonyl (C=O) groups is 3. The largest absolute Gasteiger partial charge is 0.462 e. The number of rotatable bonds is 52. The van der Waals surface area contributed by atoms with Gasteiger partial charge in [-0.15, -0.1) is 0 Å². The van der Waals surface area contributed by atoms with Gasteiger partial charge in [0.15, 0.2) is 6.10 Å². The first-order valence-electron chi connectivity index (χ1n) is 30.6. The Hall–Kier alpha value is -6.01. The highest BCUT2D eigenvalue weighted by Crippen LogP contribution is 2.12. The molecule has 79 heavy (non-hydrogen) atoms. The molecule has 1 unspecified atom stereocenters. The average molecular weight is 1080 g/mol. The van der Waals surface area contributed by atoms with Gasteiger partial charge in [-0.05, 0) is 148 Å². The first-order valence-corrected chi connectivity index (χ1v) is 30.6. The highest BCUT2D eigenvalue weighted by molar-refractivity contribution is 5.71. The maximum Gasteiger partial charge on any atom is 0.306 e. The molecule has 6 heteroatoms. The lowest BCUT2D eigenvalue weighted by Gasteiger charge is -2.18. The fourth-order valence-corrected chi connectivity index (χ4v) is 7.33. The fraction of sp³-hybridized carbons (Fsp3) is 0.493. The number of esters is 3. The van der Waals surface area contributed by atoms with E-state index in [0.717, 1.165) is 148 Å². The van der Waals surface area contributed by atoms with Crippen molar-refractivity contribution < 1.29 is 28.6 Å². The minimum Gasteiger partial charge on any atom is -0.462 e. The Kier molecular flexibility index (Phi) is 59.6. The van der Waals surface area contributed by atoms with Crippen molar-refractivity contribution in [3.05, 3.63) is 207 Å². The Morgan fingerprint density at radius 3 is 0.810 bits per heavy atom. The third-order valence-corrected chi connectivity index (χ3v) is 11.8. The van der Waals surface area contributed by atoms with Crippen LogP contribution in [-0.2, 0) is 28.6 Å². The monoisotopic (exact) mass is 1080 g/mol. The van der Waals surface area contributed by atoms with Crippen LogP contribution in [0.1, 0.15) is 213 Å². The van der Waals surface area contributed by atoms with Crippen molar-refractivity contribution in [1.29, 1.82) is 0 Å². The first kappa shape index (κ1) is 73.0. The highest BCUT2D eigenvalue weighted by atomic mass is 16.6. The van der Waals surface area contributed by atoms with Gasteiger partial charge >= 0.3 is 17.9 Å². The van der Waals surface area contributed by atoms with Gasteiger partial charge in [0, 0.05) is 19.3 Å². The van der Waals surface area contributed by atoms with Gasteiger partial charge in [0.25, 0.3) is 0 Å². The van der Waals surface area contributed by atoms with Crippen LogP contribution in [0.15, 0.2) is 207 Å². The van der Waals surface area contributed by atoms with Gasteiger partial charge in [-0.2, -0.15) is 0 Å². The van der Waals surface area contributed by atoms with Crippen LogP contribution in [0.3, 0.4) is 0 Å². The Balaban J connectivity index is 4.63. The minimum absolute atomic E-state index is 0.146. The molecule has 0 saturated carbocycles. The molecule has 0 aromatic heterocycles. The van der Waals surface area contributed by atoms with Gasteiger partial charge in [-0.3, -0.25) is 14.4 Å². The molecular formula is C73H108O6. The lowest BCUT2D eigenvalue weighted by molar-refractivity contribution is -0.166. The smallest absolute Gasteiger partial charge is 0.306 e. The zero-order chi connectivity index (χ0) is 57.1. The number of unbranched alkanes of at least 4 members (excludes halogenated alkanes) is 7. The molecule has 0 N–H and O–H groups in total. The van der Waals surface area contributed by atoms with E-state index in [2.05, 4.69) is 215 Å². The summed E-state index contributed by atoms with van der Waals surface area (Å²) in [5.74, 6) is -1.12. The summed E-state index contributed by atoms with van der Waals surface area (Å²) in [5.41, 5.74) is 0. The second-order valence-electron chi connectivity index (χ2n) is 19.1. The molecule has 0 bridgehead atoms. The molecule has 0 rings (SSSR count). The van der Waals surface area contributed by atoms with Gasteiger partial charge in [0.2, 0.25) is 0 Å². The number of carbonyl (C=O) groups excluding carboxylic acids is 3. The summed E-state index contributed by atoms with van der Waals surface area (Å²) in [6, 6.07) is 0. The average Bonchev–Trinajstić information content (AvgIpc) is 3.45. The van der Waals surface area contributed by atoms with E-state index in [4.69, 9.17) is 14.2 Å². The lowest BCUT2D eigenvalue weighted by atomic mass is 10.1. The van der Waals surface area contributed by atoms with Crippen molar-refractivity contribution in [3.63, 3.8) is 0 Å². The van der Waals surface area contributed by atoms with Crippen molar-refractivity contribution in [3.8, 4) is 0 Å². The van der Waals surface area contributed by atoms with Crippen LogP contribution in [0.5, 0.6) is 0 Å². The molecule has 0 aromatic carbocycles. The third-order valence-electron chi connectivity index (χ3n) is 11.8. The van der Waals surface area contributed by atoms with E-state index in [1.54, 1.807) is 0 Å². The summed E-state index contributed by atoms with van der Waals surface area (Å²) < 4.78 is 16.8. The van der Waals surface area contributed by atoms with Crippen LogP contribution in [-0.4, -0.2) is 37.2 Å². The molecule has 0 saturated heterocycles. The van der Waals surface area contributed by atoms with Crippen LogP contribution < -0.4 is 0 Å². The van der Waals surface area contributed by atoms with E-state index in [1.165, 1.54) is 12.8 Å². The molecule has 0 heterocycles. The fourth-order valence-electron chi connectivity index (χ4n) is 7.33. The predicted molar refractivity (Wildman–Crippen MR) is 343 cm³/mol. The van der Waals surface area contributed by atoms with E-state index in [-0.39, 0.29) is 38.0 Å². The minimum atomic E-state index is -0.863. The number of allylic oxidation sites excluding steroid dienone is 34. The standard InChI is InChI=1S/C73H108O6/c1-4-7-10-13-16-19-22-25-28-31-33-34-35-36-37-38-40-42-45-48-51-54-57-60-63-66-72(75)78-69-70(68-77-71(74)65-62-59-56-53-50-47-44-41-30-27-24-21-18-15-12-9-6-3)79-73(76)67-64-61-58-55-52-49-46-43-39-32-29-26-23-20-17-14-11-8-5-2/h7-12,16-21,25-30,33-34,36-37,39-40,42-44,47,49,52-53,56,58,61,70H,4-6,13-15,22-24,31-32,35,38,41,45-46,48,50-51,54-55,57,59-60,62-69H2,1-3H3/b10-7-,11-8-,12-9-,19-16-,20-17-,21-18-,28-25-,29-26-,30-27-,34-33-,37-36-,42-40-,43-39-,47-44-,52-49-,56-53-,61-58-. The van der Waals surface area contributed by atoms with Crippen molar-refractivity contribution in [2.24, 2.45) is 0 Å². The summed E-state index contributed by atoms with van der Waals surface area (Å²) in [5, 5.41) is 0. The summed E-state index contributed by atoms with van der Waals surface area (Å²) in [7, 11) is 0. The Morgan fingerprint density at radius 1 is 0.253 bits per heavy atom. The molecule has 0 aliphatic heterocycles. The number of hydrogen-bond donors (Lipinski definition) is 0. The molecule has 6 nitrogen and oxygen atoms in total. The SMILES string of the molecule is CC/C=C\C/C=C\C/C=C\C/C=C\C/C=C\C/C=C\CCCCCCCCC(=O)OCC(COC(=O)CCC/C=C\C/C=C\C/C=C\C/C=C\C/C=C\CC)OC(=O)CC/C=C\C/C=C\C/C=C\C/C=C\C/C=C\C/C=C\CC. The Labute approximate surface area is 483 Å². The predicted octanol–water partition coefficient (Wildman–Crippen LogP) is 21.2. The second kappa shape index (κ2) is 64.5. The Morgan fingerprint density at radius 2 is 0.494 bits per heavy atom. The maximum absolute atomic E-state index is 12.9. The normalized spacial score (nSPS) is 13.6. The van der Waals surface area contributed by atoms with Crippen LogP contribution in [0, 0.1) is 0 Å². The van der Waals surface area contributed by atoms with Crippen molar-refractivity contribution in [2.45, 2.75) is 219 Å². The van der Waals surface area contributed by atoms with Crippen LogP contribution in [0.2, 0.25) is 0 Å². The van der Waals surface area contributed by atoms with Gasteiger partial charge in [0.05, 0.1) is 0 Å². The Bertz CT molecular complexity index is 1960. The molecule has 0 spiro atoms. The van der Waals surface area contributed by atoms with E-state index >= 15 is 0 Å². The van der Waals surface area contributed by atoms with Gasteiger partial charge in [-0.25, -0.2) is 0 Å². The second-order valence-corrected chi connectivity index (χ2v) is 19.1. The molecule has 436 valence electrons. The quantitative estimate of drug-likeness (QED) is 0.0261. The highest BCUT2D eigenvalue weighted by Gasteiger charge is 2.19. The van der Waals surface area contributed by atoms with Crippen molar-refractivity contribution in [2.75, 3.05) is 13.2 Å². The maximum atomic E-state index is 12.9. The lowest BCUT2D eigenvalue weighted by Crippen LogP contribution is -2.30. The molecule has 0 aliphatic carbocycles. The van der Waals surface area contributed by atoms with Crippen LogP contribution in [0.25, 0.3) is 0 Å². The molecular weight excluding hydrogens is 973 g/mol. The molecule has 0 amide bonds. The first-order chi connectivity index (χ1) is 39.0. The van der Waals surface area contributed by atoms with Gasteiger partial charge in [-0.1, -0.05) is 253 Å². The molecule has 1 atom stereocenters. The third kappa shape index (κ3) is 62.7. The van der Waals surface area contributed by atoms with Crippen LogP contribution >= 0.6 is 0 Å². The molecule has 0 aromatic rings. The number of hydrogen-bond acceptors (Lipinski definition) is 6. The van der Waals surface area contributed by atoms with E-state index in [9.17, 15) is 14.4 Å². The summed E-state index contributed by atoms with van der Waals surface area (Å²) >= 11 is 0. The van der Waals surface area contributed by atoms with Gasteiger partial charge < -0.3 is 14.2 Å². The van der Waals surface area contributed by atoms with Gasteiger partial charge in [0.1, 0.15) is 13.2 Å². The zero-order valence-electron chi connectivity index (χ0n) is 49.8. The van der Waals surface area contributed by atoms with Crippen molar-refractivity contribution in [1.82, 2.24) is 0 Å². The summed E-state index contributed by atoms with van der Waals surface area (Å²) in [6.07, 6.45) is 99.8. The summed E-state index contributed by atoms with van der Waals surface area (Å²) in [6.45, 7) is 6.15. The molecule has 0 aliphatic rings. The van der Waals surface area contributed by atoms with E-state index in [0.29, 0.717) is 19.3 Å². The molecule has 0 fully saturated rings.